The van der Waals surface area contributed by atoms with Crippen LogP contribution in [0.5, 0.6) is 0 Å². The van der Waals surface area contributed by atoms with E-state index >= 15 is 0 Å². The molecular weight excluding hydrogens is 252 g/mol. The van der Waals surface area contributed by atoms with Crippen molar-refractivity contribution >= 4 is 17.3 Å². The van der Waals surface area contributed by atoms with Crippen molar-refractivity contribution in [3.63, 3.8) is 0 Å². The maximum atomic E-state index is 10.9. The van der Waals surface area contributed by atoms with Gasteiger partial charge in [0.05, 0.1) is 5.56 Å². The van der Waals surface area contributed by atoms with E-state index < -0.39 is 5.97 Å². The summed E-state index contributed by atoms with van der Waals surface area (Å²) in [4.78, 5) is 12.9. The number of nitrogens with one attached hydrogen (secondary N) is 1. The average molecular weight is 270 g/mol. The third kappa shape index (κ3) is 3.51. The van der Waals surface area contributed by atoms with Gasteiger partial charge in [-0.1, -0.05) is 18.2 Å². The van der Waals surface area contributed by atoms with Crippen molar-refractivity contribution in [1.82, 2.24) is 0 Å². The molecule has 0 aliphatic carbocycles. The normalized spacial score (nSPS) is 10.1. The van der Waals surface area contributed by atoms with E-state index in [-0.39, 0.29) is 5.56 Å². The smallest absolute Gasteiger partial charge is 0.335 e. The van der Waals surface area contributed by atoms with E-state index in [4.69, 9.17) is 5.11 Å². The predicted octanol–water partition coefficient (Wildman–Crippen LogP) is 3.06. The molecule has 2 rings (SSSR count). The zero-order valence-corrected chi connectivity index (χ0v) is 11.6. The summed E-state index contributed by atoms with van der Waals surface area (Å²) in [7, 11) is 4.01. The minimum absolute atomic E-state index is 0.290. The van der Waals surface area contributed by atoms with Gasteiger partial charge in [0.1, 0.15) is 0 Å². The molecule has 0 spiro atoms. The van der Waals surface area contributed by atoms with Crippen LogP contribution in [-0.4, -0.2) is 25.2 Å². The monoisotopic (exact) mass is 270 g/mol. The van der Waals surface area contributed by atoms with Gasteiger partial charge in [0.15, 0.2) is 0 Å². The van der Waals surface area contributed by atoms with Crippen molar-refractivity contribution in [2.45, 2.75) is 6.54 Å². The number of aromatic carboxylic acids is 1. The lowest BCUT2D eigenvalue weighted by Gasteiger charge is -2.13. The first-order valence-corrected chi connectivity index (χ1v) is 6.40. The predicted molar refractivity (Wildman–Crippen MR) is 81.5 cm³/mol. The molecule has 0 saturated heterocycles. The summed E-state index contributed by atoms with van der Waals surface area (Å²) < 4.78 is 0. The third-order valence-corrected chi connectivity index (χ3v) is 3.06. The molecule has 2 N–H and O–H groups in total. The van der Waals surface area contributed by atoms with Crippen molar-refractivity contribution in [2.24, 2.45) is 0 Å². The Kier molecular flexibility index (Phi) is 4.25. The van der Waals surface area contributed by atoms with Crippen LogP contribution in [0.1, 0.15) is 15.9 Å². The lowest BCUT2D eigenvalue weighted by Crippen LogP contribution is -2.08. The van der Waals surface area contributed by atoms with Gasteiger partial charge in [-0.15, -0.1) is 0 Å². The molecular formula is C16H18N2O2. The van der Waals surface area contributed by atoms with Crippen molar-refractivity contribution in [3.8, 4) is 0 Å². The van der Waals surface area contributed by atoms with E-state index in [0.29, 0.717) is 6.54 Å². The molecule has 0 radical (unpaired) electrons. The molecule has 0 aromatic heterocycles. The van der Waals surface area contributed by atoms with Crippen molar-refractivity contribution in [1.29, 1.82) is 0 Å². The summed E-state index contributed by atoms with van der Waals surface area (Å²) >= 11 is 0. The van der Waals surface area contributed by atoms with Crippen LogP contribution in [0.3, 0.4) is 0 Å². The summed E-state index contributed by atoms with van der Waals surface area (Å²) in [5.41, 5.74) is 3.40. The minimum Gasteiger partial charge on any atom is -0.478 e. The summed E-state index contributed by atoms with van der Waals surface area (Å²) in [6, 6.07) is 15.1. The summed E-state index contributed by atoms with van der Waals surface area (Å²) in [5.74, 6) is -0.913. The summed E-state index contributed by atoms with van der Waals surface area (Å²) in [6.45, 7) is 0.663. The number of hydrogen-bond acceptors (Lipinski definition) is 3. The fraction of sp³-hybridized carbons (Fsp3) is 0.188. The molecule has 0 fully saturated rings. The topological polar surface area (TPSA) is 52.6 Å². The molecule has 4 nitrogen and oxygen atoms in total. The summed E-state index contributed by atoms with van der Waals surface area (Å²) in [5, 5.41) is 12.2. The molecule has 0 amide bonds. The number of benzene rings is 2. The minimum atomic E-state index is -0.913. The molecule has 4 heteroatoms. The molecule has 2 aromatic carbocycles. The van der Waals surface area contributed by atoms with Gasteiger partial charge < -0.3 is 15.3 Å². The van der Waals surface area contributed by atoms with E-state index in [0.717, 1.165) is 16.9 Å². The number of carboxylic acid groups (broad SMARTS) is 1. The first-order valence-electron chi connectivity index (χ1n) is 6.40. The highest BCUT2D eigenvalue weighted by Crippen LogP contribution is 2.15. The van der Waals surface area contributed by atoms with Gasteiger partial charge in [-0.3, -0.25) is 0 Å². The van der Waals surface area contributed by atoms with Crippen LogP contribution in [0.15, 0.2) is 48.5 Å². The molecule has 0 aliphatic rings. The van der Waals surface area contributed by atoms with Gasteiger partial charge in [-0.25, -0.2) is 4.79 Å². The number of anilines is 2. The fourth-order valence-electron chi connectivity index (χ4n) is 1.88. The lowest BCUT2D eigenvalue weighted by atomic mass is 10.1. The van der Waals surface area contributed by atoms with Gasteiger partial charge in [0.25, 0.3) is 0 Å². The van der Waals surface area contributed by atoms with Gasteiger partial charge >= 0.3 is 5.97 Å². The van der Waals surface area contributed by atoms with Crippen LogP contribution in [0.2, 0.25) is 0 Å². The maximum absolute atomic E-state index is 10.9. The molecule has 0 saturated carbocycles. The number of carboxylic acids is 1. The molecule has 0 unspecified atom stereocenters. The Balaban J connectivity index is 2.01. The first kappa shape index (κ1) is 13.9. The maximum Gasteiger partial charge on any atom is 0.335 e. The van der Waals surface area contributed by atoms with Crippen LogP contribution in [-0.2, 0) is 6.54 Å². The Labute approximate surface area is 118 Å². The molecule has 0 bridgehead atoms. The zero-order chi connectivity index (χ0) is 14.5. The van der Waals surface area contributed by atoms with Gasteiger partial charge in [0, 0.05) is 32.0 Å². The van der Waals surface area contributed by atoms with Crippen LogP contribution in [0.4, 0.5) is 11.4 Å². The highest BCUT2D eigenvalue weighted by Gasteiger charge is 2.03. The number of hydrogen-bond donors (Lipinski definition) is 2. The molecule has 20 heavy (non-hydrogen) atoms. The Morgan fingerprint density at radius 2 is 1.85 bits per heavy atom. The van der Waals surface area contributed by atoms with Crippen molar-refractivity contribution in [3.05, 3.63) is 59.7 Å². The standard InChI is InChI=1S/C16H18N2O2/c1-18(2)15-8-6-12(7-9-15)11-17-14-5-3-4-13(10-14)16(19)20/h3-10,17H,11H2,1-2H3,(H,19,20). The first-order chi connectivity index (χ1) is 9.56. The van der Waals surface area contributed by atoms with Crippen molar-refractivity contribution in [2.75, 3.05) is 24.3 Å². The Bertz CT molecular complexity index is 592. The fourth-order valence-corrected chi connectivity index (χ4v) is 1.88. The highest BCUT2D eigenvalue weighted by atomic mass is 16.4. The SMILES string of the molecule is CN(C)c1ccc(CNc2cccc(C(=O)O)c2)cc1. The average Bonchev–Trinajstić information content (AvgIpc) is 2.46. The Morgan fingerprint density at radius 3 is 2.45 bits per heavy atom. The molecule has 0 aliphatic heterocycles. The molecule has 0 heterocycles. The highest BCUT2D eigenvalue weighted by molar-refractivity contribution is 5.88. The van der Waals surface area contributed by atoms with E-state index in [9.17, 15) is 4.79 Å². The van der Waals surface area contributed by atoms with Crippen LogP contribution < -0.4 is 10.2 Å². The van der Waals surface area contributed by atoms with Crippen molar-refractivity contribution < 1.29 is 9.90 Å². The molecule has 104 valence electrons. The van der Waals surface area contributed by atoms with Crippen LogP contribution >= 0.6 is 0 Å². The van der Waals surface area contributed by atoms with E-state index in [1.165, 1.54) is 0 Å². The second-order valence-electron chi connectivity index (χ2n) is 4.80. The van der Waals surface area contributed by atoms with Crippen LogP contribution in [0, 0.1) is 0 Å². The zero-order valence-electron chi connectivity index (χ0n) is 11.6. The van der Waals surface area contributed by atoms with Gasteiger partial charge in [-0.2, -0.15) is 0 Å². The van der Waals surface area contributed by atoms with Gasteiger partial charge in [0.2, 0.25) is 0 Å². The second-order valence-corrected chi connectivity index (χ2v) is 4.80. The number of carbonyl (C=O) groups is 1. The lowest BCUT2D eigenvalue weighted by molar-refractivity contribution is 0.0697. The molecule has 2 aromatic rings. The van der Waals surface area contributed by atoms with E-state index in [1.807, 2.05) is 25.1 Å². The quantitative estimate of drug-likeness (QED) is 0.876. The van der Waals surface area contributed by atoms with E-state index in [1.54, 1.807) is 18.2 Å². The molecule has 0 atom stereocenters. The van der Waals surface area contributed by atoms with Gasteiger partial charge in [-0.05, 0) is 35.9 Å². The largest absolute Gasteiger partial charge is 0.478 e. The number of rotatable bonds is 5. The summed E-state index contributed by atoms with van der Waals surface area (Å²) in [6.07, 6.45) is 0. The Morgan fingerprint density at radius 1 is 1.15 bits per heavy atom. The third-order valence-electron chi connectivity index (χ3n) is 3.06. The Hall–Kier alpha value is -2.49. The second kappa shape index (κ2) is 6.10. The van der Waals surface area contributed by atoms with Crippen LogP contribution in [0.25, 0.3) is 0 Å². The number of nitrogens with zero attached hydrogens (tertiary/aromatic N) is 1. The van der Waals surface area contributed by atoms with E-state index in [2.05, 4.69) is 29.6 Å².